The average Bonchev–Trinajstić information content (AvgIpc) is 3.27. The maximum absolute atomic E-state index is 14.2. The number of fused-ring (bicyclic) bond motifs is 1. The standard InChI is InChI=1S/C30H33ClFN5O5/c1-3-42-23-11-20(10-21(32)13-23)27(17(2)38)35-26(39)16-37-15-19-5-4-18(12-24(19)29(37)40)28-25(31)14-33-30(36-28)34-22-6-8-41-9-7-22/h4-5,10-14,17,22,27,38H,3,6-9,15-16H2,1-2H3,(H,35,39)(H,33,34,36). The van der Waals surface area contributed by atoms with Crippen molar-refractivity contribution in [2.45, 2.75) is 51.4 Å². The Balaban J connectivity index is 1.28. The molecule has 0 bridgehead atoms. The maximum atomic E-state index is 14.2. The number of aliphatic hydroxyl groups excluding tert-OH is 1. The van der Waals surface area contributed by atoms with Crippen molar-refractivity contribution in [2.75, 3.05) is 31.7 Å². The van der Waals surface area contributed by atoms with Crippen molar-refractivity contribution in [1.29, 1.82) is 0 Å². The van der Waals surface area contributed by atoms with E-state index in [1.54, 1.807) is 19.1 Å². The molecule has 2 atom stereocenters. The van der Waals surface area contributed by atoms with Gasteiger partial charge in [0.25, 0.3) is 5.91 Å². The third kappa shape index (κ3) is 6.80. The number of hydrogen-bond donors (Lipinski definition) is 3. The molecule has 3 N–H and O–H groups in total. The molecule has 42 heavy (non-hydrogen) atoms. The summed E-state index contributed by atoms with van der Waals surface area (Å²) in [6, 6.07) is 8.74. The minimum atomic E-state index is -1.03. The topological polar surface area (TPSA) is 126 Å². The number of hydrogen-bond acceptors (Lipinski definition) is 8. The average molecular weight is 598 g/mol. The van der Waals surface area contributed by atoms with Crippen LogP contribution in [0.4, 0.5) is 10.3 Å². The lowest BCUT2D eigenvalue weighted by Gasteiger charge is -2.24. The fraction of sp³-hybridized carbons (Fsp3) is 0.400. The molecular weight excluding hydrogens is 565 g/mol. The molecule has 222 valence electrons. The van der Waals surface area contributed by atoms with E-state index in [1.165, 1.54) is 30.2 Å². The van der Waals surface area contributed by atoms with Crippen molar-refractivity contribution in [3.05, 3.63) is 70.1 Å². The largest absolute Gasteiger partial charge is 0.494 e. The lowest BCUT2D eigenvalue weighted by atomic mass is 10.0. The highest BCUT2D eigenvalue weighted by Crippen LogP contribution is 2.32. The van der Waals surface area contributed by atoms with Crippen LogP contribution in [-0.4, -0.2) is 70.3 Å². The molecule has 1 saturated heterocycles. The summed E-state index contributed by atoms with van der Waals surface area (Å²) >= 11 is 6.45. The Morgan fingerprint density at radius 3 is 2.79 bits per heavy atom. The number of nitrogens with zero attached hydrogens (tertiary/aromatic N) is 3. The first-order valence-corrected chi connectivity index (χ1v) is 14.3. The van der Waals surface area contributed by atoms with Crippen LogP contribution < -0.4 is 15.4 Å². The van der Waals surface area contributed by atoms with Gasteiger partial charge in [-0.15, -0.1) is 0 Å². The van der Waals surface area contributed by atoms with Crippen molar-refractivity contribution in [3.8, 4) is 17.0 Å². The number of aromatic nitrogens is 2. The first-order chi connectivity index (χ1) is 20.2. The molecule has 10 nitrogen and oxygen atoms in total. The van der Waals surface area contributed by atoms with E-state index in [1.807, 2.05) is 12.1 Å². The van der Waals surface area contributed by atoms with Crippen LogP contribution in [0.15, 0.2) is 42.6 Å². The summed E-state index contributed by atoms with van der Waals surface area (Å²) in [5, 5.41) is 16.8. The number of nitrogens with one attached hydrogen (secondary N) is 2. The summed E-state index contributed by atoms with van der Waals surface area (Å²) in [6.07, 6.45) is 2.22. The van der Waals surface area contributed by atoms with E-state index >= 15 is 0 Å². The molecule has 2 aliphatic rings. The lowest BCUT2D eigenvalue weighted by molar-refractivity contribution is -0.123. The highest BCUT2D eigenvalue weighted by Gasteiger charge is 2.31. The summed E-state index contributed by atoms with van der Waals surface area (Å²) in [7, 11) is 0. The first-order valence-electron chi connectivity index (χ1n) is 13.9. The van der Waals surface area contributed by atoms with Gasteiger partial charge in [0, 0.05) is 43.0 Å². The normalized spacial score (nSPS) is 16.6. The second-order valence-electron chi connectivity index (χ2n) is 10.4. The minimum Gasteiger partial charge on any atom is -0.494 e. The van der Waals surface area contributed by atoms with Gasteiger partial charge in [0.05, 0.1) is 35.7 Å². The van der Waals surface area contributed by atoms with Gasteiger partial charge in [0.15, 0.2) is 0 Å². The first kappa shape index (κ1) is 29.7. The Bertz CT molecular complexity index is 1470. The molecular formula is C30H33ClFN5O5. The highest BCUT2D eigenvalue weighted by molar-refractivity contribution is 6.33. The quantitative estimate of drug-likeness (QED) is 0.319. The number of halogens is 2. The lowest BCUT2D eigenvalue weighted by Crippen LogP contribution is -2.41. The minimum absolute atomic E-state index is 0.204. The Hall–Kier alpha value is -3.80. The van der Waals surface area contributed by atoms with Crippen molar-refractivity contribution in [1.82, 2.24) is 20.2 Å². The van der Waals surface area contributed by atoms with Crippen LogP contribution in [0.2, 0.25) is 5.02 Å². The van der Waals surface area contributed by atoms with Crippen molar-refractivity contribution >= 4 is 29.4 Å². The molecule has 0 aliphatic carbocycles. The van der Waals surface area contributed by atoms with Gasteiger partial charge in [-0.05, 0) is 56.0 Å². The Labute approximate surface area is 248 Å². The van der Waals surface area contributed by atoms with E-state index in [2.05, 4.69) is 20.6 Å². The van der Waals surface area contributed by atoms with Gasteiger partial charge >= 0.3 is 0 Å². The predicted molar refractivity (Wildman–Crippen MR) is 155 cm³/mol. The molecule has 1 fully saturated rings. The third-order valence-corrected chi connectivity index (χ3v) is 7.53. The van der Waals surface area contributed by atoms with Gasteiger partial charge in [-0.2, -0.15) is 0 Å². The van der Waals surface area contributed by atoms with Gasteiger partial charge in [-0.1, -0.05) is 23.7 Å². The van der Waals surface area contributed by atoms with E-state index in [9.17, 15) is 19.1 Å². The number of rotatable bonds is 10. The number of benzene rings is 2. The molecule has 2 amide bonds. The smallest absolute Gasteiger partial charge is 0.254 e. The summed E-state index contributed by atoms with van der Waals surface area (Å²) in [5.74, 6) is -0.612. The van der Waals surface area contributed by atoms with Gasteiger partial charge in [0.2, 0.25) is 11.9 Å². The van der Waals surface area contributed by atoms with E-state index in [0.29, 0.717) is 58.9 Å². The SMILES string of the molecule is CCOc1cc(F)cc(C(NC(=O)CN2Cc3ccc(-c4nc(NC5CCOCC5)ncc4Cl)cc3C2=O)C(C)O)c1. The van der Waals surface area contributed by atoms with Crippen LogP contribution in [0.25, 0.3) is 11.3 Å². The third-order valence-electron chi connectivity index (χ3n) is 7.26. The zero-order valence-electron chi connectivity index (χ0n) is 23.4. The summed E-state index contributed by atoms with van der Waals surface area (Å²) in [4.78, 5) is 36.7. The number of aliphatic hydroxyl groups is 1. The van der Waals surface area contributed by atoms with E-state index in [0.717, 1.165) is 18.4 Å². The number of anilines is 1. The Morgan fingerprint density at radius 1 is 1.26 bits per heavy atom. The fourth-order valence-corrected chi connectivity index (χ4v) is 5.39. The second-order valence-corrected chi connectivity index (χ2v) is 10.8. The van der Waals surface area contributed by atoms with Crippen molar-refractivity contribution in [3.63, 3.8) is 0 Å². The van der Waals surface area contributed by atoms with Crippen LogP contribution in [0, 0.1) is 5.82 Å². The number of amides is 2. The van der Waals surface area contributed by atoms with E-state index < -0.39 is 23.9 Å². The Kier molecular flexibility index (Phi) is 9.20. The Morgan fingerprint density at radius 2 is 2.05 bits per heavy atom. The molecule has 0 spiro atoms. The zero-order valence-corrected chi connectivity index (χ0v) is 24.2. The number of ether oxygens (including phenoxy) is 2. The molecule has 12 heteroatoms. The molecule has 1 aromatic heterocycles. The molecule has 5 rings (SSSR count). The van der Waals surface area contributed by atoms with Gasteiger partial charge in [-0.3, -0.25) is 9.59 Å². The van der Waals surface area contributed by atoms with Crippen LogP contribution in [-0.2, 0) is 16.1 Å². The summed E-state index contributed by atoms with van der Waals surface area (Å²) in [6.45, 7) is 4.97. The van der Waals surface area contributed by atoms with Gasteiger partial charge in [-0.25, -0.2) is 14.4 Å². The second kappa shape index (κ2) is 13.0. The van der Waals surface area contributed by atoms with Gasteiger partial charge in [0.1, 0.15) is 18.1 Å². The van der Waals surface area contributed by atoms with Crippen LogP contribution >= 0.6 is 11.6 Å². The number of carbonyl (C=O) groups is 2. The number of carbonyl (C=O) groups excluding carboxylic acids is 2. The molecule has 3 aromatic rings. The highest BCUT2D eigenvalue weighted by atomic mass is 35.5. The summed E-state index contributed by atoms with van der Waals surface area (Å²) < 4.78 is 25.0. The fourth-order valence-electron chi connectivity index (χ4n) is 5.19. The summed E-state index contributed by atoms with van der Waals surface area (Å²) in [5.41, 5.74) is 2.72. The molecule has 3 heterocycles. The van der Waals surface area contributed by atoms with Crippen LogP contribution in [0.3, 0.4) is 0 Å². The van der Waals surface area contributed by atoms with Crippen LogP contribution in [0.5, 0.6) is 5.75 Å². The molecule has 0 radical (unpaired) electrons. The molecule has 2 aromatic carbocycles. The van der Waals surface area contributed by atoms with E-state index in [4.69, 9.17) is 21.1 Å². The molecule has 2 unspecified atom stereocenters. The van der Waals surface area contributed by atoms with Crippen LogP contribution in [0.1, 0.15) is 54.2 Å². The maximum Gasteiger partial charge on any atom is 0.254 e. The van der Waals surface area contributed by atoms with Gasteiger partial charge < -0.3 is 30.1 Å². The monoisotopic (exact) mass is 597 g/mol. The molecule has 0 saturated carbocycles. The van der Waals surface area contributed by atoms with E-state index in [-0.39, 0.29) is 25.0 Å². The predicted octanol–water partition coefficient (Wildman–Crippen LogP) is 4.12. The van der Waals surface area contributed by atoms with Crippen molar-refractivity contribution in [2.24, 2.45) is 0 Å². The van der Waals surface area contributed by atoms with Crippen molar-refractivity contribution < 1.29 is 28.6 Å². The zero-order chi connectivity index (χ0) is 29.8. The molecule has 2 aliphatic heterocycles.